The Morgan fingerprint density at radius 1 is 1.26 bits per heavy atom. The van der Waals surface area contributed by atoms with Crippen LogP contribution in [0.4, 0.5) is 0 Å². The molecule has 0 radical (unpaired) electrons. The lowest BCUT2D eigenvalue weighted by atomic mass is 9.72. The van der Waals surface area contributed by atoms with Gasteiger partial charge in [-0.15, -0.1) is 0 Å². The number of allylic oxidation sites excluding steroid dienone is 1. The molecule has 2 rings (SSSR count). The number of rotatable bonds is 4. The number of aldehydes is 1. The second-order valence-corrected chi connectivity index (χ2v) is 7.06. The summed E-state index contributed by atoms with van der Waals surface area (Å²) in [7, 11) is 0. The second-order valence-electron chi connectivity index (χ2n) is 7.06. The summed E-state index contributed by atoms with van der Waals surface area (Å²) in [4.78, 5) is 11.2. The van der Waals surface area contributed by atoms with Gasteiger partial charge in [-0.05, 0) is 30.8 Å². The van der Waals surface area contributed by atoms with Gasteiger partial charge < -0.3 is 29.9 Å². The Bertz CT molecular complexity index is 471. The van der Waals surface area contributed by atoms with Crippen molar-refractivity contribution in [2.24, 2.45) is 5.41 Å². The molecule has 7 heteroatoms. The molecule has 0 aromatic rings. The summed E-state index contributed by atoms with van der Waals surface area (Å²) in [5.41, 5.74) is 1.32. The van der Waals surface area contributed by atoms with E-state index in [0.29, 0.717) is 12.8 Å². The Labute approximate surface area is 135 Å². The zero-order chi connectivity index (χ0) is 17.4. The Balaban J connectivity index is 2.10. The fourth-order valence-corrected chi connectivity index (χ4v) is 3.51. The monoisotopic (exact) mass is 330 g/mol. The number of carbonyl (C=O) groups is 1. The number of hydrogen-bond acceptors (Lipinski definition) is 7. The molecule has 0 aromatic carbocycles. The van der Waals surface area contributed by atoms with Gasteiger partial charge in [0.1, 0.15) is 30.7 Å². The van der Waals surface area contributed by atoms with Crippen LogP contribution in [0.15, 0.2) is 11.1 Å². The highest BCUT2D eigenvalue weighted by Crippen LogP contribution is 2.41. The van der Waals surface area contributed by atoms with Gasteiger partial charge in [0.05, 0.1) is 12.7 Å². The van der Waals surface area contributed by atoms with Gasteiger partial charge in [0.25, 0.3) is 0 Å². The van der Waals surface area contributed by atoms with Crippen molar-refractivity contribution < 1.29 is 34.7 Å². The molecule has 0 aromatic heterocycles. The minimum Gasteiger partial charge on any atom is -0.394 e. The molecule has 0 bridgehead atoms. The Hall–Kier alpha value is -0.830. The molecule has 1 aliphatic heterocycles. The van der Waals surface area contributed by atoms with Crippen LogP contribution in [-0.4, -0.2) is 70.1 Å². The van der Waals surface area contributed by atoms with Crippen LogP contribution in [0, 0.1) is 5.41 Å². The van der Waals surface area contributed by atoms with Gasteiger partial charge in [-0.1, -0.05) is 19.4 Å². The van der Waals surface area contributed by atoms with Gasteiger partial charge in [-0.2, -0.15) is 0 Å². The lowest BCUT2D eigenvalue weighted by Gasteiger charge is -2.43. The van der Waals surface area contributed by atoms with E-state index in [1.807, 2.05) is 20.8 Å². The third-order valence-corrected chi connectivity index (χ3v) is 4.75. The first-order valence-electron chi connectivity index (χ1n) is 7.82. The summed E-state index contributed by atoms with van der Waals surface area (Å²) in [6.07, 6.45) is -4.73. The van der Waals surface area contributed by atoms with Gasteiger partial charge in [-0.3, -0.25) is 4.79 Å². The van der Waals surface area contributed by atoms with E-state index < -0.39 is 37.3 Å². The van der Waals surface area contributed by atoms with E-state index in [4.69, 9.17) is 9.47 Å². The molecule has 0 amide bonds. The molecule has 6 atom stereocenters. The second kappa shape index (κ2) is 6.96. The van der Waals surface area contributed by atoms with Crippen molar-refractivity contribution in [2.75, 3.05) is 6.61 Å². The number of ether oxygens (including phenoxy) is 2. The predicted molar refractivity (Wildman–Crippen MR) is 80.4 cm³/mol. The van der Waals surface area contributed by atoms with Gasteiger partial charge >= 0.3 is 0 Å². The summed E-state index contributed by atoms with van der Waals surface area (Å²) < 4.78 is 11.2. The van der Waals surface area contributed by atoms with Crippen molar-refractivity contribution in [2.45, 2.75) is 70.4 Å². The maximum atomic E-state index is 11.2. The van der Waals surface area contributed by atoms with Crippen LogP contribution in [-0.2, 0) is 14.3 Å². The van der Waals surface area contributed by atoms with Gasteiger partial charge in [0, 0.05) is 0 Å². The predicted octanol–water partition coefficient (Wildman–Crippen LogP) is -0.493. The smallest absolute Gasteiger partial charge is 0.186 e. The van der Waals surface area contributed by atoms with E-state index in [9.17, 15) is 25.2 Å². The first kappa shape index (κ1) is 18.5. The highest BCUT2D eigenvalue weighted by atomic mass is 16.7. The Morgan fingerprint density at radius 2 is 1.91 bits per heavy atom. The largest absolute Gasteiger partial charge is 0.394 e. The normalized spacial score (nSPS) is 41.0. The van der Waals surface area contributed by atoms with Gasteiger partial charge in [0.15, 0.2) is 6.29 Å². The van der Waals surface area contributed by atoms with Crippen LogP contribution in [0.25, 0.3) is 0 Å². The highest BCUT2D eigenvalue weighted by Gasteiger charge is 2.45. The standard InChI is InChI=1S/C16H26O7/c1-8-4-9(5-16(2,3)10(8)6-17)22-15-14(21)13(20)12(19)11(7-18)23-15/h6,9,11-15,18-21H,4-5,7H2,1-3H3/t9-,11+,12+,13-,14+,15+/m0/s1. The molecule has 132 valence electrons. The molecule has 4 N–H and O–H groups in total. The van der Waals surface area contributed by atoms with E-state index in [1.165, 1.54) is 0 Å². The number of carbonyl (C=O) groups excluding carboxylic acids is 1. The lowest BCUT2D eigenvalue weighted by molar-refractivity contribution is -0.312. The van der Waals surface area contributed by atoms with Crippen LogP contribution in [0.5, 0.6) is 0 Å². The van der Waals surface area contributed by atoms with E-state index in [-0.39, 0.29) is 11.5 Å². The SMILES string of the molecule is CC1=C(C=O)C(C)(C)C[C@@H](O[C@@H]2O[C@H](CO)[C@@H](O)[C@H](O)[C@H]2O)C1. The first-order valence-corrected chi connectivity index (χ1v) is 7.82. The maximum absolute atomic E-state index is 11.2. The minimum absolute atomic E-state index is 0.296. The summed E-state index contributed by atoms with van der Waals surface area (Å²) in [6.45, 7) is 5.27. The fraction of sp³-hybridized carbons (Fsp3) is 0.812. The summed E-state index contributed by atoms with van der Waals surface area (Å²) in [5.74, 6) is 0. The van der Waals surface area contributed by atoms with E-state index in [2.05, 4.69) is 0 Å². The quantitative estimate of drug-likeness (QED) is 0.514. The van der Waals surface area contributed by atoms with Crippen LogP contribution >= 0.6 is 0 Å². The van der Waals surface area contributed by atoms with Crippen molar-refractivity contribution in [3.63, 3.8) is 0 Å². The zero-order valence-electron chi connectivity index (χ0n) is 13.7. The van der Waals surface area contributed by atoms with Gasteiger partial charge in [-0.25, -0.2) is 0 Å². The topological polar surface area (TPSA) is 116 Å². The minimum atomic E-state index is -1.45. The van der Waals surface area contributed by atoms with Gasteiger partial charge in [0.2, 0.25) is 0 Å². The van der Waals surface area contributed by atoms with Crippen molar-refractivity contribution in [1.82, 2.24) is 0 Å². The van der Waals surface area contributed by atoms with E-state index in [1.54, 1.807) is 0 Å². The van der Waals surface area contributed by atoms with Crippen LogP contribution in [0.2, 0.25) is 0 Å². The zero-order valence-corrected chi connectivity index (χ0v) is 13.7. The average Bonchev–Trinajstić information content (AvgIpc) is 2.46. The van der Waals surface area contributed by atoms with Crippen molar-refractivity contribution in [3.8, 4) is 0 Å². The molecule has 2 aliphatic rings. The van der Waals surface area contributed by atoms with E-state index in [0.717, 1.165) is 17.4 Å². The van der Waals surface area contributed by atoms with Crippen molar-refractivity contribution in [1.29, 1.82) is 0 Å². The van der Waals surface area contributed by atoms with Crippen molar-refractivity contribution in [3.05, 3.63) is 11.1 Å². The van der Waals surface area contributed by atoms with Crippen LogP contribution < -0.4 is 0 Å². The molecular weight excluding hydrogens is 304 g/mol. The Kier molecular flexibility index (Phi) is 5.60. The molecular formula is C16H26O7. The molecule has 0 spiro atoms. The molecule has 1 saturated heterocycles. The summed E-state index contributed by atoms with van der Waals surface area (Å²) >= 11 is 0. The third kappa shape index (κ3) is 3.65. The number of aliphatic hydroxyl groups excluding tert-OH is 4. The summed E-state index contributed by atoms with van der Waals surface area (Å²) in [6, 6.07) is 0. The molecule has 0 unspecified atom stereocenters. The van der Waals surface area contributed by atoms with E-state index >= 15 is 0 Å². The first-order chi connectivity index (χ1) is 10.7. The third-order valence-electron chi connectivity index (χ3n) is 4.75. The molecule has 1 heterocycles. The fourth-order valence-electron chi connectivity index (χ4n) is 3.51. The number of aliphatic hydroxyl groups is 4. The lowest BCUT2D eigenvalue weighted by Crippen LogP contribution is -2.59. The van der Waals surface area contributed by atoms with Crippen molar-refractivity contribution >= 4 is 6.29 Å². The molecule has 23 heavy (non-hydrogen) atoms. The molecule has 7 nitrogen and oxygen atoms in total. The average molecular weight is 330 g/mol. The summed E-state index contributed by atoms with van der Waals surface area (Å²) in [5, 5.41) is 38.8. The van der Waals surface area contributed by atoms with Crippen LogP contribution in [0.3, 0.4) is 0 Å². The maximum Gasteiger partial charge on any atom is 0.186 e. The number of hydrogen-bond donors (Lipinski definition) is 4. The Morgan fingerprint density at radius 3 is 2.43 bits per heavy atom. The molecule has 1 fully saturated rings. The molecule has 0 saturated carbocycles. The van der Waals surface area contributed by atoms with Crippen LogP contribution in [0.1, 0.15) is 33.6 Å². The molecule has 1 aliphatic carbocycles. The highest BCUT2D eigenvalue weighted by molar-refractivity contribution is 5.77.